The molecular formula is C15H12O3S. The van der Waals surface area contributed by atoms with E-state index in [-0.39, 0.29) is 0 Å². The summed E-state index contributed by atoms with van der Waals surface area (Å²) in [5.41, 5.74) is 0.630. The van der Waals surface area contributed by atoms with Gasteiger partial charge in [0.1, 0.15) is 11.5 Å². The summed E-state index contributed by atoms with van der Waals surface area (Å²) >= 11 is 0. The van der Waals surface area contributed by atoms with Crippen LogP contribution in [-0.4, -0.2) is 14.7 Å². The average molecular weight is 272 g/mol. The Kier molecular flexibility index (Phi) is 3.88. The minimum absolute atomic E-state index is 0.630. The van der Waals surface area contributed by atoms with Crippen LogP contribution < -0.4 is 4.74 Å². The van der Waals surface area contributed by atoms with Gasteiger partial charge in [-0.1, -0.05) is 24.1 Å². The molecule has 0 aromatic heterocycles. The van der Waals surface area contributed by atoms with Gasteiger partial charge >= 0.3 is 0 Å². The van der Waals surface area contributed by atoms with Crippen LogP contribution in [0.4, 0.5) is 0 Å². The second kappa shape index (κ2) is 5.59. The summed E-state index contributed by atoms with van der Waals surface area (Å²) in [6, 6.07) is 16.3. The van der Waals surface area contributed by atoms with Crippen molar-refractivity contribution in [2.45, 2.75) is 0 Å². The highest BCUT2D eigenvalue weighted by atomic mass is 32.2. The molecule has 2 aromatic rings. The van der Waals surface area contributed by atoms with Crippen molar-refractivity contribution in [2.75, 3.05) is 6.26 Å². The van der Waals surface area contributed by atoms with Crippen molar-refractivity contribution in [1.82, 2.24) is 0 Å². The topological polar surface area (TPSA) is 43.4 Å². The molecule has 0 atom stereocenters. The van der Waals surface area contributed by atoms with Crippen molar-refractivity contribution in [3.05, 3.63) is 60.2 Å². The highest BCUT2D eigenvalue weighted by molar-refractivity contribution is 7.95. The van der Waals surface area contributed by atoms with Gasteiger partial charge in [0, 0.05) is 10.8 Å². The van der Waals surface area contributed by atoms with Crippen LogP contribution in [0.5, 0.6) is 11.5 Å². The van der Waals surface area contributed by atoms with Crippen LogP contribution in [0.1, 0.15) is 5.56 Å². The Morgan fingerprint density at radius 2 is 1.47 bits per heavy atom. The first kappa shape index (κ1) is 13.2. The molecule has 3 nitrogen and oxygen atoms in total. The van der Waals surface area contributed by atoms with Crippen molar-refractivity contribution in [3.63, 3.8) is 0 Å². The van der Waals surface area contributed by atoms with Crippen LogP contribution in [-0.2, 0) is 9.84 Å². The second-order valence-corrected chi connectivity index (χ2v) is 5.69. The average Bonchev–Trinajstić information content (AvgIpc) is 2.38. The zero-order chi connectivity index (χ0) is 13.7. The standard InChI is InChI=1S/C15H12O3S/c1-19(16,17)12-11-13-7-9-15(10-8-13)18-14-5-3-2-4-6-14/h2-10H,1H3. The third kappa shape index (κ3) is 4.49. The summed E-state index contributed by atoms with van der Waals surface area (Å²) in [5, 5.41) is 2.19. The number of hydrogen-bond donors (Lipinski definition) is 0. The summed E-state index contributed by atoms with van der Waals surface area (Å²) < 4.78 is 27.4. The predicted octanol–water partition coefficient (Wildman–Crippen LogP) is 2.83. The second-order valence-electron chi connectivity index (χ2n) is 3.94. The molecule has 0 spiro atoms. The van der Waals surface area contributed by atoms with Gasteiger partial charge in [0.2, 0.25) is 9.84 Å². The van der Waals surface area contributed by atoms with E-state index in [1.807, 2.05) is 30.3 Å². The van der Waals surface area contributed by atoms with Gasteiger partial charge in [-0.2, -0.15) is 0 Å². The Morgan fingerprint density at radius 3 is 2.05 bits per heavy atom. The van der Waals surface area contributed by atoms with Gasteiger partial charge in [-0.25, -0.2) is 8.42 Å². The molecule has 0 radical (unpaired) electrons. The van der Waals surface area contributed by atoms with E-state index in [0.717, 1.165) is 12.0 Å². The molecule has 0 N–H and O–H groups in total. The van der Waals surface area contributed by atoms with Crippen molar-refractivity contribution in [3.8, 4) is 22.7 Å². The number of ether oxygens (including phenoxy) is 1. The first-order valence-corrected chi connectivity index (χ1v) is 7.48. The van der Waals surface area contributed by atoms with Gasteiger partial charge < -0.3 is 4.74 Å². The lowest BCUT2D eigenvalue weighted by Crippen LogP contribution is -1.89. The molecule has 19 heavy (non-hydrogen) atoms. The summed E-state index contributed by atoms with van der Waals surface area (Å²) in [6.45, 7) is 0. The van der Waals surface area contributed by atoms with Gasteiger partial charge in [0.15, 0.2) is 0 Å². The number of para-hydroxylation sites is 1. The normalized spacial score (nSPS) is 10.4. The van der Waals surface area contributed by atoms with E-state index in [4.69, 9.17) is 4.74 Å². The number of hydrogen-bond acceptors (Lipinski definition) is 3. The largest absolute Gasteiger partial charge is 0.457 e. The van der Waals surface area contributed by atoms with E-state index < -0.39 is 9.84 Å². The third-order valence-corrected chi connectivity index (χ3v) is 2.69. The molecule has 0 fully saturated rings. The maximum Gasteiger partial charge on any atom is 0.214 e. The summed E-state index contributed by atoms with van der Waals surface area (Å²) in [5.74, 6) is 4.01. The molecule has 0 heterocycles. The highest BCUT2D eigenvalue weighted by Crippen LogP contribution is 2.20. The molecule has 0 saturated heterocycles. The van der Waals surface area contributed by atoms with Crippen LogP contribution in [0.2, 0.25) is 0 Å². The summed E-state index contributed by atoms with van der Waals surface area (Å²) in [7, 11) is -3.27. The van der Waals surface area contributed by atoms with E-state index >= 15 is 0 Å². The lowest BCUT2D eigenvalue weighted by atomic mass is 10.2. The van der Waals surface area contributed by atoms with Crippen molar-refractivity contribution < 1.29 is 13.2 Å². The molecule has 2 rings (SSSR count). The van der Waals surface area contributed by atoms with Crippen LogP contribution in [0.15, 0.2) is 54.6 Å². The third-order valence-electron chi connectivity index (χ3n) is 2.21. The van der Waals surface area contributed by atoms with Crippen LogP contribution in [0, 0.1) is 11.2 Å². The zero-order valence-corrected chi connectivity index (χ0v) is 11.1. The Morgan fingerprint density at radius 1 is 0.895 bits per heavy atom. The van der Waals surface area contributed by atoms with Gasteiger partial charge in [0.25, 0.3) is 0 Å². The minimum Gasteiger partial charge on any atom is -0.457 e. The Labute approximate surface area is 112 Å². The molecule has 4 heteroatoms. The Balaban J connectivity index is 2.13. The number of sulfone groups is 1. The van der Waals surface area contributed by atoms with Crippen LogP contribution in [0.25, 0.3) is 0 Å². The first-order chi connectivity index (χ1) is 9.03. The van der Waals surface area contributed by atoms with Gasteiger partial charge in [0.05, 0.1) is 6.26 Å². The SMILES string of the molecule is CS(=O)(=O)C#Cc1ccc(Oc2ccccc2)cc1. The molecule has 0 amide bonds. The van der Waals surface area contributed by atoms with Crippen LogP contribution >= 0.6 is 0 Å². The molecule has 0 bridgehead atoms. The zero-order valence-electron chi connectivity index (χ0n) is 10.3. The quantitative estimate of drug-likeness (QED) is 0.790. The maximum absolute atomic E-state index is 10.9. The van der Waals surface area contributed by atoms with Gasteiger partial charge in [-0.15, -0.1) is 0 Å². The molecular weight excluding hydrogens is 260 g/mol. The van der Waals surface area contributed by atoms with E-state index in [2.05, 4.69) is 11.2 Å². The molecule has 0 aliphatic carbocycles. The fraction of sp³-hybridized carbons (Fsp3) is 0.0667. The first-order valence-electron chi connectivity index (χ1n) is 5.59. The highest BCUT2D eigenvalue weighted by Gasteiger charge is 1.97. The smallest absolute Gasteiger partial charge is 0.214 e. The monoisotopic (exact) mass is 272 g/mol. The van der Waals surface area contributed by atoms with Crippen molar-refractivity contribution in [2.24, 2.45) is 0 Å². The minimum atomic E-state index is -3.27. The van der Waals surface area contributed by atoms with E-state index in [1.54, 1.807) is 24.3 Å². The molecule has 0 aliphatic rings. The summed E-state index contributed by atoms with van der Waals surface area (Å²) in [4.78, 5) is 0. The van der Waals surface area contributed by atoms with Gasteiger partial charge in [-0.3, -0.25) is 0 Å². The number of benzene rings is 2. The molecule has 0 saturated carbocycles. The maximum atomic E-state index is 10.9. The molecule has 2 aromatic carbocycles. The van der Waals surface area contributed by atoms with Crippen LogP contribution in [0.3, 0.4) is 0 Å². The molecule has 0 aliphatic heterocycles. The molecule has 96 valence electrons. The predicted molar refractivity (Wildman–Crippen MR) is 74.7 cm³/mol. The number of rotatable bonds is 2. The van der Waals surface area contributed by atoms with Gasteiger partial charge in [-0.05, 0) is 36.4 Å². The van der Waals surface area contributed by atoms with Crippen molar-refractivity contribution in [1.29, 1.82) is 0 Å². The van der Waals surface area contributed by atoms with E-state index in [9.17, 15) is 8.42 Å². The summed E-state index contributed by atoms with van der Waals surface area (Å²) in [6.07, 6.45) is 1.08. The lowest BCUT2D eigenvalue weighted by Gasteiger charge is -2.04. The molecule has 0 unspecified atom stereocenters. The lowest BCUT2D eigenvalue weighted by molar-refractivity contribution is 0.482. The fourth-order valence-electron chi connectivity index (χ4n) is 1.38. The Hall–Kier alpha value is -2.25. The Bertz CT molecular complexity index is 705. The van der Waals surface area contributed by atoms with E-state index in [0.29, 0.717) is 11.3 Å². The van der Waals surface area contributed by atoms with Crippen molar-refractivity contribution >= 4 is 9.84 Å². The van der Waals surface area contributed by atoms with E-state index in [1.165, 1.54) is 0 Å². The fourth-order valence-corrected chi connectivity index (χ4v) is 1.69.